The largest absolute Gasteiger partial charge is 0.349 e. The van der Waals surface area contributed by atoms with E-state index < -0.39 is 5.92 Å². The second-order valence-corrected chi connectivity index (χ2v) is 8.48. The van der Waals surface area contributed by atoms with E-state index in [1.165, 1.54) is 0 Å². The van der Waals surface area contributed by atoms with Crippen LogP contribution in [-0.2, 0) is 9.59 Å². The molecule has 2 N–H and O–H groups in total. The monoisotopic (exact) mass is 428 g/mol. The number of allylic oxidation sites excluding steroid dienone is 1. The summed E-state index contributed by atoms with van der Waals surface area (Å²) >= 11 is 12.3. The molecule has 2 aliphatic rings. The van der Waals surface area contributed by atoms with E-state index in [0.717, 1.165) is 30.4 Å². The van der Waals surface area contributed by atoms with Gasteiger partial charge >= 0.3 is 0 Å². The van der Waals surface area contributed by atoms with Crippen molar-refractivity contribution in [1.82, 2.24) is 5.32 Å². The number of benzene rings is 2. The molecule has 0 aromatic heterocycles. The van der Waals surface area contributed by atoms with Crippen LogP contribution in [0.1, 0.15) is 37.2 Å². The third-order valence-electron chi connectivity index (χ3n) is 5.66. The minimum atomic E-state index is -0.436. The van der Waals surface area contributed by atoms with Crippen molar-refractivity contribution < 1.29 is 9.59 Å². The molecule has 4 rings (SSSR count). The van der Waals surface area contributed by atoms with Crippen LogP contribution in [0.5, 0.6) is 0 Å². The Balaban J connectivity index is 1.71. The molecule has 0 radical (unpaired) electrons. The Morgan fingerprint density at radius 3 is 2.52 bits per heavy atom. The quantitative estimate of drug-likeness (QED) is 0.646. The molecule has 1 fully saturated rings. The van der Waals surface area contributed by atoms with Gasteiger partial charge in [0.2, 0.25) is 11.8 Å². The van der Waals surface area contributed by atoms with E-state index in [0.29, 0.717) is 15.7 Å². The van der Waals surface area contributed by atoms with Gasteiger partial charge in [0.25, 0.3) is 0 Å². The van der Waals surface area contributed by atoms with Crippen molar-refractivity contribution in [2.75, 3.05) is 5.32 Å². The van der Waals surface area contributed by atoms with Gasteiger partial charge in [0, 0.05) is 28.1 Å². The zero-order valence-corrected chi connectivity index (χ0v) is 17.3. The summed E-state index contributed by atoms with van der Waals surface area (Å²) in [5, 5.41) is 7.23. The number of nitrogens with one attached hydrogen (secondary N) is 2. The van der Waals surface area contributed by atoms with Crippen molar-refractivity contribution in [3.8, 4) is 0 Å². The lowest BCUT2D eigenvalue weighted by Gasteiger charge is -2.38. The van der Waals surface area contributed by atoms with Gasteiger partial charge in [0.05, 0.1) is 12.0 Å². The summed E-state index contributed by atoms with van der Waals surface area (Å²) in [6.45, 7) is 0. The van der Waals surface area contributed by atoms with Gasteiger partial charge in [-0.25, -0.2) is 0 Å². The molecule has 1 saturated heterocycles. The van der Waals surface area contributed by atoms with E-state index in [-0.39, 0.29) is 30.2 Å². The van der Waals surface area contributed by atoms with Crippen LogP contribution >= 0.6 is 23.2 Å². The summed E-state index contributed by atoms with van der Waals surface area (Å²) in [5.41, 5.74) is 2.68. The molecule has 2 amide bonds. The first-order chi connectivity index (χ1) is 14.0. The molecule has 0 unspecified atom stereocenters. The van der Waals surface area contributed by atoms with Gasteiger partial charge in [0.15, 0.2) is 0 Å². The van der Waals surface area contributed by atoms with Gasteiger partial charge < -0.3 is 10.6 Å². The molecule has 0 bridgehead atoms. The molecule has 150 valence electrons. The molecule has 3 atom stereocenters. The fraction of sp³-hybridized carbons (Fsp3) is 0.304. The number of rotatable bonds is 4. The number of piperidine rings is 1. The van der Waals surface area contributed by atoms with E-state index in [4.69, 9.17) is 23.2 Å². The molecule has 1 aliphatic heterocycles. The van der Waals surface area contributed by atoms with Crippen LogP contribution in [0.4, 0.5) is 5.69 Å². The third-order valence-corrected chi connectivity index (χ3v) is 6.13. The number of hydrogen-bond acceptors (Lipinski definition) is 2. The highest BCUT2D eigenvalue weighted by molar-refractivity contribution is 6.31. The van der Waals surface area contributed by atoms with Crippen LogP contribution in [-0.4, -0.2) is 17.9 Å². The van der Waals surface area contributed by atoms with Crippen LogP contribution in [0, 0.1) is 5.92 Å². The first-order valence-electron chi connectivity index (χ1n) is 9.81. The van der Waals surface area contributed by atoms with Crippen LogP contribution in [0.2, 0.25) is 10.0 Å². The average Bonchev–Trinajstić information content (AvgIpc) is 3.22. The van der Waals surface area contributed by atoms with Gasteiger partial charge in [0.1, 0.15) is 0 Å². The summed E-state index contributed by atoms with van der Waals surface area (Å²) < 4.78 is 0. The first-order valence-corrected chi connectivity index (χ1v) is 10.6. The van der Waals surface area contributed by atoms with Crippen LogP contribution in [0.25, 0.3) is 0 Å². The van der Waals surface area contributed by atoms with Crippen molar-refractivity contribution in [3.63, 3.8) is 0 Å². The summed E-state index contributed by atoms with van der Waals surface area (Å²) in [4.78, 5) is 26.0. The fourth-order valence-corrected chi connectivity index (χ4v) is 4.76. The molecule has 2 aromatic rings. The van der Waals surface area contributed by atoms with Crippen LogP contribution in [0.3, 0.4) is 0 Å². The van der Waals surface area contributed by atoms with Crippen molar-refractivity contribution >= 4 is 40.7 Å². The van der Waals surface area contributed by atoms with Gasteiger partial charge in [-0.15, -0.1) is 0 Å². The summed E-state index contributed by atoms with van der Waals surface area (Å²) in [5.74, 6) is -0.864. The summed E-state index contributed by atoms with van der Waals surface area (Å²) in [6, 6.07) is 14.2. The van der Waals surface area contributed by atoms with Gasteiger partial charge in [-0.05, 0) is 55.2 Å². The minimum absolute atomic E-state index is 0.0421. The highest BCUT2D eigenvalue weighted by atomic mass is 35.5. The molecule has 1 aliphatic carbocycles. The predicted molar refractivity (Wildman–Crippen MR) is 116 cm³/mol. The molecule has 2 aromatic carbocycles. The molecule has 6 heteroatoms. The highest BCUT2D eigenvalue weighted by Crippen LogP contribution is 2.40. The topological polar surface area (TPSA) is 58.2 Å². The molecular weight excluding hydrogens is 407 g/mol. The van der Waals surface area contributed by atoms with Crippen molar-refractivity contribution in [3.05, 3.63) is 75.8 Å². The SMILES string of the molecule is O=C1C[C@@H](c2cccc(Cl)c2)[C@H](C(=O)Nc2cccc(Cl)c2)[C@@H](C2=CCCC2)N1. The first kappa shape index (κ1) is 20.0. The predicted octanol–water partition coefficient (Wildman–Crippen LogP) is 5.33. The van der Waals surface area contributed by atoms with E-state index in [2.05, 4.69) is 16.7 Å². The van der Waals surface area contributed by atoms with E-state index in [1.807, 2.05) is 24.3 Å². The Morgan fingerprint density at radius 1 is 1.07 bits per heavy atom. The summed E-state index contributed by atoms with van der Waals surface area (Å²) in [7, 11) is 0. The number of hydrogen-bond donors (Lipinski definition) is 2. The van der Waals surface area contributed by atoms with Crippen molar-refractivity contribution in [2.24, 2.45) is 5.92 Å². The van der Waals surface area contributed by atoms with Gasteiger partial charge in [-0.2, -0.15) is 0 Å². The summed E-state index contributed by atoms with van der Waals surface area (Å²) in [6.07, 6.45) is 5.33. The molecule has 4 nitrogen and oxygen atoms in total. The second kappa shape index (κ2) is 8.60. The minimum Gasteiger partial charge on any atom is -0.349 e. The number of halogens is 2. The maximum absolute atomic E-state index is 13.5. The number of carbonyl (C=O) groups excluding carboxylic acids is 2. The molecule has 1 heterocycles. The number of carbonyl (C=O) groups is 2. The smallest absolute Gasteiger partial charge is 0.230 e. The van der Waals surface area contributed by atoms with E-state index in [1.54, 1.807) is 24.3 Å². The lowest BCUT2D eigenvalue weighted by atomic mass is 9.73. The van der Waals surface area contributed by atoms with Crippen LogP contribution in [0.15, 0.2) is 60.2 Å². The molecule has 0 spiro atoms. The highest BCUT2D eigenvalue weighted by Gasteiger charge is 2.43. The molecule has 29 heavy (non-hydrogen) atoms. The Bertz CT molecular complexity index is 973. The van der Waals surface area contributed by atoms with E-state index in [9.17, 15) is 9.59 Å². The Labute approximate surface area is 180 Å². The van der Waals surface area contributed by atoms with Gasteiger partial charge in [-0.1, -0.05) is 53.1 Å². The Morgan fingerprint density at radius 2 is 1.83 bits per heavy atom. The molecule has 0 saturated carbocycles. The average molecular weight is 429 g/mol. The fourth-order valence-electron chi connectivity index (χ4n) is 4.37. The molecular formula is C23H22Cl2N2O2. The maximum Gasteiger partial charge on any atom is 0.230 e. The number of amides is 2. The zero-order valence-electron chi connectivity index (χ0n) is 15.8. The van der Waals surface area contributed by atoms with Crippen LogP contribution < -0.4 is 10.6 Å². The lowest BCUT2D eigenvalue weighted by molar-refractivity contribution is -0.128. The number of anilines is 1. The van der Waals surface area contributed by atoms with Gasteiger partial charge in [-0.3, -0.25) is 9.59 Å². The van der Waals surface area contributed by atoms with Crippen molar-refractivity contribution in [2.45, 2.75) is 37.6 Å². The third kappa shape index (κ3) is 4.49. The van der Waals surface area contributed by atoms with E-state index >= 15 is 0 Å². The van der Waals surface area contributed by atoms with Crippen molar-refractivity contribution in [1.29, 1.82) is 0 Å². The standard InChI is InChI=1S/C23H22Cl2N2O2/c24-16-8-3-7-15(11-16)19-13-20(28)27-22(14-5-1-2-6-14)21(19)23(29)26-18-10-4-9-17(25)12-18/h3-5,7-12,19,21-22H,1-2,6,13H2,(H,26,29)(H,27,28)/t19-,21-,22+/m0/s1. The lowest BCUT2D eigenvalue weighted by Crippen LogP contribution is -2.53. The Hall–Kier alpha value is -2.30. The normalized spacial score (nSPS) is 24.0. The Kier molecular flexibility index (Phi) is 5.93. The zero-order chi connectivity index (χ0) is 20.4. The second-order valence-electron chi connectivity index (χ2n) is 7.61. The maximum atomic E-state index is 13.5.